The van der Waals surface area contributed by atoms with E-state index in [-0.39, 0.29) is 24.2 Å². The van der Waals surface area contributed by atoms with Gasteiger partial charge in [0.05, 0.1) is 35.3 Å². The van der Waals surface area contributed by atoms with Crippen molar-refractivity contribution in [3.05, 3.63) is 10.6 Å². The van der Waals surface area contributed by atoms with Crippen LogP contribution < -0.4 is 4.90 Å². The Hall–Kier alpha value is -0.700. The Balaban J connectivity index is 2.22. The molecule has 8 heteroatoms. The molecular weight excluding hydrogens is 288 g/mol. The summed E-state index contributed by atoms with van der Waals surface area (Å²) in [7, 11) is -1.35. The Labute approximate surface area is 116 Å². The van der Waals surface area contributed by atoms with E-state index in [1.807, 2.05) is 11.8 Å². The van der Waals surface area contributed by atoms with Crippen molar-refractivity contribution in [2.24, 2.45) is 0 Å². The number of sulfone groups is 1. The van der Waals surface area contributed by atoms with Crippen LogP contribution in [0.4, 0.5) is 5.13 Å². The molecule has 108 valence electrons. The summed E-state index contributed by atoms with van der Waals surface area (Å²) in [6, 6.07) is -0.0909. The second-order valence-corrected chi connectivity index (χ2v) is 7.91. The third-order valence-electron chi connectivity index (χ3n) is 3.11. The molecule has 0 aromatic carbocycles. The first-order valence-corrected chi connectivity index (χ1v) is 8.66. The quantitative estimate of drug-likeness (QED) is 0.867. The van der Waals surface area contributed by atoms with Gasteiger partial charge in [0.2, 0.25) is 0 Å². The zero-order valence-corrected chi connectivity index (χ0v) is 12.6. The van der Waals surface area contributed by atoms with E-state index in [2.05, 4.69) is 4.98 Å². The number of anilines is 1. The first-order valence-electron chi connectivity index (χ1n) is 6.02. The average molecular weight is 306 g/mol. The lowest BCUT2D eigenvalue weighted by Crippen LogP contribution is -2.47. The first-order chi connectivity index (χ1) is 8.96. The fourth-order valence-electron chi connectivity index (χ4n) is 2.15. The monoisotopic (exact) mass is 306 g/mol. The van der Waals surface area contributed by atoms with Gasteiger partial charge in [0, 0.05) is 19.7 Å². The minimum absolute atomic E-state index is 0.0725. The molecule has 0 amide bonds. The van der Waals surface area contributed by atoms with Gasteiger partial charge < -0.3 is 14.7 Å². The molecule has 1 aliphatic heterocycles. The number of rotatable bonds is 4. The van der Waals surface area contributed by atoms with Crippen LogP contribution in [0.3, 0.4) is 0 Å². The van der Waals surface area contributed by atoms with Crippen LogP contribution in [0.5, 0.6) is 0 Å². The predicted octanol–water partition coefficient (Wildman–Crippen LogP) is 0.405. The Morgan fingerprint density at radius 1 is 1.58 bits per heavy atom. The van der Waals surface area contributed by atoms with Crippen LogP contribution >= 0.6 is 11.3 Å². The van der Waals surface area contributed by atoms with Crippen LogP contribution in [0, 0.1) is 0 Å². The van der Waals surface area contributed by atoms with Crippen molar-refractivity contribution in [1.29, 1.82) is 0 Å². The van der Waals surface area contributed by atoms with E-state index in [1.54, 1.807) is 7.11 Å². The van der Waals surface area contributed by atoms with Gasteiger partial charge in [-0.3, -0.25) is 0 Å². The third kappa shape index (κ3) is 3.25. The van der Waals surface area contributed by atoms with Gasteiger partial charge in [0.1, 0.15) is 0 Å². The van der Waals surface area contributed by atoms with Crippen molar-refractivity contribution in [3.63, 3.8) is 0 Å². The van der Waals surface area contributed by atoms with Gasteiger partial charge in [0.15, 0.2) is 15.0 Å². The van der Waals surface area contributed by atoms with Gasteiger partial charge in [-0.05, 0) is 6.92 Å². The second-order valence-electron chi connectivity index (χ2n) is 4.61. The molecule has 1 N–H and O–H groups in total. The Morgan fingerprint density at radius 2 is 2.32 bits per heavy atom. The molecule has 0 bridgehead atoms. The molecule has 2 rings (SSSR count). The summed E-state index contributed by atoms with van der Waals surface area (Å²) < 4.78 is 28.2. The first kappa shape index (κ1) is 14.7. The molecule has 0 aliphatic carbocycles. The van der Waals surface area contributed by atoms with Crippen LogP contribution in [0.25, 0.3) is 0 Å². The summed E-state index contributed by atoms with van der Waals surface area (Å²) in [5.41, 5.74) is 0.727. The van der Waals surface area contributed by atoms with Gasteiger partial charge >= 0.3 is 0 Å². The van der Waals surface area contributed by atoms with E-state index >= 15 is 0 Å². The van der Waals surface area contributed by atoms with Crippen molar-refractivity contribution in [2.75, 3.05) is 30.1 Å². The fraction of sp³-hybridized carbons (Fsp3) is 0.727. The van der Waals surface area contributed by atoms with E-state index in [4.69, 9.17) is 4.74 Å². The second kappa shape index (κ2) is 5.74. The van der Waals surface area contributed by atoms with Gasteiger partial charge in [-0.1, -0.05) is 11.3 Å². The van der Waals surface area contributed by atoms with E-state index in [0.29, 0.717) is 13.2 Å². The number of hydrogen-bond acceptors (Lipinski definition) is 7. The fourth-order valence-corrected chi connectivity index (χ4v) is 4.76. The standard InChI is InChI=1S/C11H18N2O4S2/c1-8-7-19(15,16)4-3-13(8)11-12-9(6-17-2)10(5-14)18-11/h8,14H,3-7H2,1-2H3. The summed E-state index contributed by atoms with van der Waals surface area (Å²) >= 11 is 1.40. The number of hydrogen-bond donors (Lipinski definition) is 1. The van der Waals surface area contributed by atoms with Gasteiger partial charge in [-0.25, -0.2) is 13.4 Å². The van der Waals surface area contributed by atoms with Crippen LogP contribution in [-0.2, 0) is 27.8 Å². The van der Waals surface area contributed by atoms with Crippen LogP contribution in [0.2, 0.25) is 0 Å². The van der Waals surface area contributed by atoms with Gasteiger partial charge in [-0.15, -0.1) is 0 Å². The summed E-state index contributed by atoms with van der Waals surface area (Å²) in [6.07, 6.45) is 0. The molecule has 0 saturated carbocycles. The van der Waals surface area contributed by atoms with Gasteiger partial charge in [-0.2, -0.15) is 0 Å². The predicted molar refractivity (Wildman–Crippen MR) is 74.2 cm³/mol. The summed E-state index contributed by atoms with van der Waals surface area (Å²) in [6.45, 7) is 2.62. The Bertz CT molecular complexity index is 541. The minimum Gasteiger partial charge on any atom is -0.391 e. The molecule has 0 spiro atoms. The highest BCUT2D eigenvalue weighted by Gasteiger charge is 2.30. The summed E-state index contributed by atoms with van der Waals surface area (Å²) in [4.78, 5) is 7.22. The summed E-state index contributed by atoms with van der Waals surface area (Å²) in [5.74, 6) is 0.311. The highest BCUT2D eigenvalue weighted by molar-refractivity contribution is 7.91. The van der Waals surface area contributed by atoms with Gasteiger partial charge in [0.25, 0.3) is 0 Å². The van der Waals surface area contributed by atoms with Crippen molar-refractivity contribution in [3.8, 4) is 0 Å². The lowest BCUT2D eigenvalue weighted by molar-refractivity contribution is 0.179. The minimum atomic E-state index is -2.93. The molecular formula is C11H18N2O4S2. The molecule has 19 heavy (non-hydrogen) atoms. The van der Waals surface area contributed by atoms with Crippen LogP contribution in [0.15, 0.2) is 0 Å². The normalized spacial score (nSPS) is 22.7. The number of aromatic nitrogens is 1. The largest absolute Gasteiger partial charge is 0.391 e. The molecule has 1 aliphatic rings. The zero-order chi connectivity index (χ0) is 14.0. The van der Waals surface area contributed by atoms with E-state index in [0.717, 1.165) is 15.7 Å². The molecule has 2 heterocycles. The molecule has 1 aromatic heterocycles. The van der Waals surface area contributed by atoms with Crippen molar-refractivity contribution >= 4 is 26.3 Å². The van der Waals surface area contributed by atoms with E-state index < -0.39 is 9.84 Å². The molecule has 1 atom stereocenters. The number of ether oxygens (including phenoxy) is 1. The lowest BCUT2D eigenvalue weighted by Gasteiger charge is -2.32. The lowest BCUT2D eigenvalue weighted by atomic mass is 10.3. The van der Waals surface area contributed by atoms with E-state index in [9.17, 15) is 13.5 Å². The highest BCUT2D eigenvalue weighted by atomic mass is 32.2. The number of nitrogens with zero attached hydrogens (tertiary/aromatic N) is 2. The van der Waals surface area contributed by atoms with Crippen molar-refractivity contribution < 1.29 is 18.3 Å². The van der Waals surface area contributed by atoms with Crippen molar-refractivity contribution in [2.45, 2.75) is 26.2 Å². The SMILES string of the molecule is COCc1nc(N2CCS(=O)(=O)CC2C)sc1CO. The zero-order valence-electron chi connectivity index (χ0n) is 11.0. The maximum absolute atomic E-state index is 11.6. The number of aliphatic hydroxyl groups is 1. The number of thiazole rings is 1. The highest BCUT2D eigenvalue weighted by Crippen LogP contribution is 2.30. The molecule has 1 saturated heterocycles. The maximum Gasteiger partial charge on any atom is 0.186 e. The average Bonchev–Trinajstić information content (AvgIpc) is 2.71. The van der Waals surface area contributed by atoms with E-state index in [1.165, 1.54) is 11.3 Å². The molecule has 0 radical (unpaired) electrons. The van der Waals surface area contributed by atoms with Crippen LogP contribution in [0.1, 0.15) is 17.5 Å². The molecule has 1 fully saturated rings. The van der Waals surface area contributed by atoms with Crippen LogP contribution in [-0.4, -0.2) is 49.7 Å². The smallest absolute Gasteiger partial charge is 0.186 e. The Kier molecular flexibility index (Phi) is 4.44. The number of aliphatic hydroxyl groups excluding tert-OH is 1. The third-order valence-corrected chi connectivity index (χ3v) is 6.02. The topological polar surface area (TPSA) is 79.7 Å². The molecule has 1 unspecified atom stereocenters. The Morgan fingerprint density at radius 3 is 2.89 bits per heavy atom. The van der Waals surface area contributed by atoms with Crippen molar-refractivity contribution in [1.82, 2.24) is 4.98 Å². The molecule has 6 nitrogen and oxygen atoms in total. The molecule has 1 aromatic rings. The maximum atomic E-state index is 11.6. The number of methoxy groups -OCH3 is 1. The summed E-state index contributed by atoms with van der Waals surface area (Å²) in [5, 5.41) is 10.1.